The van der Waals surface area contributed by atoms with Gasteiger partial charge in [0, 0.05) is 19.2 Å². The molecule has 0 bridgehead atoms. The highest BCUT2D eigenvalue weighted by Gasteiger charge is 2.28. The summed E-state index contributed by atoms with van der Waals surface area (Å²) in [7, 11) is 0. The minimum atomic E-state index is 0.275. The van der Waals surface area contributed by atoms with E-state index < -0.39 is 0 Å². The number of anilines is 1. The SMILES string of the molecule is NCCNc1nonc1C1=NOCN1Cc1cc(Cl)co1. The van der Waals surface area contributed by atoms with Gasteiger partial charge in [-0.05, 0) is 10.3 Å². The van der Waals surface area contributed by atoms with Gasteiger partial charge in [0.1, 0.15) is 12.0 Å². The maximum atomic E-state index is 5.83. The fraction of sp³-hybridized carbons (Fsp3) is 0.364. The van der Waals surface area contributed by atoms with Crippen LogP contribution in [0.25, 0.3) is 0 Å². The van der Waals surface area contributed by atoms with E-state index >= 15 is 0 Å². The molecule has 3 heterocycles. The number of furan rings is 1. The van der Waals surface area contributed by atoms with E-state index in [0.29, 0.717) is 47.8 Å². The Morgan fingerprint density at radius 1 is 1.43 bits per heavy atom. The Kier molecular flexibility index (Phi) is 3.93. The van der Waals surface area contributed by atoms with Gasteiger partial charge in [0.25, 0.3) is 0 Å². The molecule has 0 unspecified atom stereocenters. The van der Waals surface area contributed by atoms with Crippen LogP contribution in [0.1, 0.15) is 11.5 Å². The van der Waals surface area contributed by atoms with Gasteiger partial charge in [0.15, 0.2) is 12.4 Å². The van der Waals surface area contributed by atoms with Crippen molar-refractivity contribution >= 4 is 23.3 Å². The summed E-state index contributed by atoms with van der Waals surface area (Å²) in [6.07, 6.45) is 1.47. The number of hydrogen-bond donors (Lipinski definition) is 2. The third kappa shape index (κ3) is 2.93. The van der Waals surface area contributed by atoms with Crippen LogP contribution < -0.4 is 11.1 Å². The maximum Gasteiger partial charge on any atom is 0.204 e. The molecule has 10 heteroatoms. The Labute approximate surface area is 124 Å². The zero-order valence-corrected chi connectivity index (χ0v) is 11.7. The van der Waals surface area contributed by atoms with Gasteiger partial charge in [-0.2, -0.15) is 0 Å². The smallest absolute Gasteiger partial charge is 0.204 e. The second-order valence-corrected chi connectivity index (χ2v) is 4.72. The van der Waals surface area contributed by atoms with E-state index in [2.05, 4.69) is 20.8 Å². The van der Waals surface area contributed by atoms with E-state index in [1.54, 1.807) is 6.07 Å². The van der Waals surface area contributed by atoms with Crippen molar-refractivity contribution in [1.29, 1.82) is 0 Å². The van der Waals surface area contributed by atoms with Crippen LogP contribution in [0.3, 0.4) is 0 Å². The summed E-state index contributed by atoms with van der Waals surface area (Å²) >= 11 is 5.83. The van der Waals surface area contributed by atoms with Crippen molar-refractivity contribution in [1.82, 2.24) is 15.2 Å². The fourth-order valence-electron chi connectivity index (χ4n) is 1.86. The minimum absolute atomic E-state index is 0.275. The molecule has 0 amide bonds. The van der Waals surface area contributed by atoms with E-state index in [-0.39, 0.29) is 6.73 Å². The van der Waals surface area contributed by atoms with Crippen molar-refractivity contribution in [2.45, 2.75) is 6.54 Å². The number of oxime groups is 1. The summed E-state index contributed by atoms with van der Waals surface area (Å²) in [6, 6.07) is 1.73. The number of nitrogens with one attached hydrogen (secondary N) is 1. The van der Waals surface area contributed by atoms with Crippen molar-refractivity contribution in [2.24, 2.45) is 10.9 Å². The van der Waals surface area contributed by atoms with Gasteiger partial charge in [0.05, 0.1) is 11.6 Å². The lowest BCUT2D eigenvalue weighted by molar-refractivity contribution is 0.104. The third-order valence-corrected chi connectivity index (χ3v) is 2.97. The third-order valence-electron chi connectivity index (χ3n) is 2.77. The fourth-order valence-corrected chi connectivity index (χ4v) is 2.03. The highest BCUT2D eigenvalue weighted by atomic mass is 35.5. The summed E-state index contributed by atoms with van der Waals surface area (Å²) < 4.78 is 10.1. The van der Waals surface area contributed by atoms with Crippen LogP contribution in [0.5, 0.6) is 0 Å². The Balaban J connectivity index is 1.76. The van der Waals surface area contributed by atoms with Crippen LogP contribution in [-0.4, -0.2) is 40.9 Å². The van der Waals surface area contributed by atoms with Gasteiger partial charge in [0.2, 0.25) is 11.7 Å². The van der Waals surface area contributed by atoms with Gasteiger partial charge in [-0.15, -0.1) is 0 Å². The van der Waals surface area contributed by atoms with Crippen molar-refractivity contribution in [2.75, 3.05) is 25.1 Å². The Morgan fingerprint density at radius 2 is 2.33 bits per heavy atom. The van der Waals surface area contributed by atoms with Crippen molar-refractivity contribution in [3.63, 3.8) is 0 Å². The first-order valence-electron chi connectivity index (χ1n) is 6.22. The van der Waals surface area contributed by atoms with E-state index in [9.17, 15) is 0 Å². The number of nitrogens with zero attached hydrogens (tertiary/aromatic N) is 4. The largest absolute Gasteiger partial charge is 0.466 e. The van der Waals surface area contributed by atoms with Crippen LogP contribution in [0.15, 0.2) is 26.5 Å². The summed E-state index contributed by atoms with van der Waals surface area (Å²) in [6.45, 7) is 1.72. The summed E-state index contributed by atoms with van der Waals surface area (Å²) in [4.78, 5) is 6.93. The number of nitrogens with two attached hydrogens (primary N) is 1. The van der Waals surface area contributed by atoms with Gasteiger partial charge in [-0.1, -0.05) is 16.8 Å². The number of amidine groups is 1. The molecule has 0 atom stereocenters. The Hall–Kier alpha value is -2.26. The lowest BCUT2D eigenvalue weighted by atomic mass is 10.3. The number of aromatic nitrogens is 2. The van der Waals surface area contributed by atoms with Crippen LogP contribution in [0, 0.1) is 0 Å². The second kappa shape index (κ2) is 6.02. The standard InChI is InChI=1S/C11H13ClN6O3/c12-7-3-8(19-5-7)4-18-6-20-17-11(18)9-10(14-2-1-13)16-21-15-9/h3,5H,1-2,4,6,13H2,(H,14,16). The zero-order chi connectivity index (χ0) is 14.7. The molecule has 21 heavy (non-hydrogen) atoms. The van der Waals surface area contributed by atoms with Crippen molar-refractivity contribution in [3.8, 4) is 0 Å². The quantitative estimate of drug-likeness (QED) is 0.806. The first kappa shape index (κ1) is 13.7. The lowest BCUT2D eigenvalue weighted by Crippen LogP contribution is -2.28. The maximum absolute atomic E-state index is 5.83. The predicted octanol–water partition coefficient (Wildman–Crippen LogP) is 0.838. The Bertz CT molecular complexity index is 639. The van der Waals surface area contributed by atoms with Gasteiger partial charge in [-0.3, -0.25) is 0 Å². The van der Waals surface area contributed by atoms with Crippen molar-refractivity contribution < 1.29 is 13.9 Å². The molecule has 112 valence electrons. The number of rotatable bonds is 6. The zero-order valence-electron chi connectivity index (χ0n) is 11.0. The molecule has 2 aromatic rings. The van der Waals surface area contributed by atoms with Crippen LogP contribution in [-0.2, 0) is 11.4 Å². The normalized spacial score (nSPS) is 14.2. The molecule has 0 radical (unpaired) electrons. The topological polar surface area (TPSA) is 115 Å². The second-order valence-electron chi connectivity index (χ2n) is 4.28. The minimum Gasteiger partial charge on any atom is -0.466 e. The highest BCUT2D eigenvalue weighted by molar-refractivity contribution is 6.30. The molecule has 0 spiro atoms. The Morgan fingerprint density at radius 3 is 3.10 bits per heavy atom. The van der Waals surface area contributed by atoms with Crippen LogP contribution >= 0.6 is 11.6 Å². The molecule has 9 nitrogen and oxygen atoms in total. The number of halogens is 1. The van der Waals surface area contributed by atoms with Crippen LogP contribution in [0.4, 0.5) is 5.82 Å². The molecule has 0 saturated heterocycles. The van der Waals surface area contributed by atoms with E-state index in [4.69, 9.17) is 31.2 Å². The highest BCUT2D eigenvalue weighted by Crippen LogP contribution is 2.21. The molecule has 2 aromatic heterocycles. The molecular weight excluding hydrogens is 300 g/mol. The van der Waals surface area contributed by atoms with Crippen LogP contribution in [0.2, 0.25) is 5.02 Å². The average Bonchev–Trinajstić information content (AvgIpc) is 3.18. The monoisotopic (exact) mass is 312 g/mol. The first-order chi connectivity index (χ1) is 10.3. The lowest BCUT2D eigenvalue weighted by Gasteiger charge is -2.14. The summed E-state index contributed by atoms with van der Waals surface area (Å²) in [5.41, 5.74) is 5.91. The number of hydrogen-bond acceptors (Lipinski definition) is 9. The molecule has 0 fully saturated rings. The molecule has 1 aliphatic heterocycles. The average molecular weight is 313 g/mol. The summed E-state index contributed by atoms with van der Waals surface area (Å²) in [5, 5.41) is 15.1. The van der Waals surface area contributed by atoms with E-state index in [0.717, 1.165) is 0 Å². The van der Waals surface area contributed by atoms with E-state index in [1.165, 1.54) is 6.26 Å². The molecule has 3 N–H and O–H groups in total. The van der Waals surface area contributed by atoms with Gasteiger partial charge < -0.3 is 25.2 Å². The molecule has 0 saturated carbocycles. The van der Waals surface area contributed by atoms with Gasteiger partial charge >= 0.3 is 0 Å². The molecule has 0 aliphatic carbocycles. The van der Waals surface area contributed by atoms with Crippen molar-refractivity contribution in [3.05, 3.63) is 28.8 Å². The first-order valence-corrected chi connectivity index (χ1v) is 6.60. The molecule has 1 aliphatic rings. The molecular formula is C11H13ClN6O3. The predicted molar refractivity (Wildman–Crippen MR) is 73.6 cm³/mol. The van der Waals surface area contributed by atoms with Gasteiger partial charge in [-0.25, -0.2) is 4.63 Å². The molecule has 3 rings (SSSR count). The molecule has 0 aromatic carbocycles. The summed E-state index contributed by atoms with van der Waals surface area (Å²) in [5.74, 6) is 1.65. The van der Waals surface area contributed by atoms with E-state index in [1.807, 2.05) is 4.90 Å².